The van der Waals surface area contributed by atoms with E-state index in [1.165, 1.54) is 0 Å². The first kappa shape index (κ1) is 14.4. The highest BCUT2D eigenvalue weighted by molar-refractivity contribution is 9.10. The van der Waals surface area contributed by atoms with Crippen LogP contribution in [-0.2, 0) is 11.2 Å². The molecular formula is C14H20BrNO. The molecule has 0 saturated heterocycles. The lowest BCUT2D eigenvalue weighted by Crippen LogP contribution is -2.24. The molecule has 2 nitrogen and oxygen atoms in total. The highest BCUT2D eigenvalue weighted by atomic mass is 79.9. The van der Waals surface area contributed by atoms with Gasteiger partial charge in [0, 0.05) is 23.4 Å². The number of hydrogen-bond donors (Lipinski definition) is 1. The first-order valence-corrected chi connectivity index (χ1v) is 6.87. The van der Waals surface area contributed by atoms with Crippen molar-refractivity contribution in [2.45, 2.75) is 39.2 Å². The lowest BCUT2D eigenvalue weighted by molar-refractivity contribution is -0.118. The van der Waals surface area contributed by atoms with Crippen LogP contribution in [0.2, 0.25) is 0 Å². The Balaban J connectivity index is 2.23. The Morgan fingerprint density at radius 2 is 1.94 bits per heavy atom. The number of hydrogen-bond acceptors (Lipinski definition) is 2. The van der Waals surface area contributed by atoms with Crippen LogP contribution in [0.5, 0.6) is 0 Å². The third-order valence-electron chi connectivity index (χ3n) is 2.50. The molecule has 0 heterocycles. The molecule has 0 aromatic heterocycles. The molecule has 17 heavy (non-hydrogen) atoms. The smallest absolute Gasteiger partial charge is 0.137 e. The minimum atomic E-state index is 0.317. The summed E-state index contributed by atoms with van der Waals surface area (Å²) in [7, 11) is 0. The number of rotatable bonds is 7. The van der Waals surface area contributed by atoms with Gasteiger partial charge >= 0.3 is 0 Å². The van der Waals surface area contributed by atoms with E-state index in [0.29, 0.717) is 24.7 Å². The van der Waals surface area contributed by atoms with Crippen molar-refractivity contribution in [2.24, 2.45) is 0 Å². The van der Waals surface area contributed by atoms with Crippen molar-refractivity contribution in [2.75, 3.05) is 6.54 Å². The maximum atomic E-state index is 11.7. The van der Waals surface area contributed by atoms with Crippen molar-refractivity contribution >= 4 is 21.7 Å². The van der Waals surface area contributed by atoms with Gasteiger partial charge in [0.25, 0.3) is 0 Å². The first-order chi connectivity index (χ1) is 8.08. The molecule has 3 heteroatoms. The fraction of sp³-hybridized carbons (Fsp3) is 0.500. The number of carbonyl (C=O) groups is 1. The van der Waals surface area contributed by atoms with E-state index in [4.69, 9.17) is 0 Å². The Kier molecular flexibility index (Phi) is 6.45. The lowest BCUT2D eigenvalue weighted by Gasteiger charge is -2.07. The predicted octanol–water partition coefficient (Wildman–Crippen LogP) is 3.34. The van der Waals surface area contributed by atoms with Crippen molar-refractivity contribution in [3.8, 4) is 0 Å². The molecule has 0 amide bonds. The lowest BCUT2D eigenvalue weighted by atomic mass is 10.1. The minimum Gasteiger partial charge on any atom is -0.315 e. The quantitative estimate of drug-likeness (QED) is 0.782. The molecule has 0 unspecified atom stereocenters. The number of carbonyl (C=O) groups excluding carboxylic acids is 1. The van der Waals surface area contributed by atoms with Gasteiger partial charge in [-0.25, -0.2) is 0 Å². The summed E-state index contributed by atoms with van der Waals surface area (Å²) >= 11 is 3.38. The van der Waals surface area contributed by atoms with Crippen molar-refractivity contribution in [3.63, 3.8) is 0 Å². The molecule has 0 atom stereocenters. The molecular weight excluding hydrogens is 278 g/mol. The van der Waals surface area contributed by atoms with E-state index in [1.807, 2.05) is 24.3 Å². The molecule has 1 N–H and O–H groups in total. The zero-order chi connectivity index (χ0) is 12.7. The summed E-state index contributed by atoms with van der Waals surface area (Å²) in [4.78, 5) is 11.7. The second kappa shape index (κ2) is 7.62. The number of halogens is 1. The molecule has 1 aromatic carbocycles. The number of Topliss-reactive ketones (excluding diaryl/α,β-unsaturated/α-hetero) is 1. The van der Waals surface area contributed by atoms with Crippen molar-refractivity contribution in [1.82, 2.24) is 5.32 Å². The first-order valence-electron chi connectivity index (χ1n) is 6.07. The summed E-state index contributed by atoms with van der Waals surface area (Å²) in [6.07, 6.45) is 2.14. The van der Waals surface area contributed by atoms with Crippen LogP contribution in [0.4, 0.5) is 0 Å². The van der Waals surface area contributed by atoms with E-state index >= 15 is 0 Å². The van der Waals surface area contributed by atoms with Gasteiger partial charge in [0.2, 0.25) is 0 Å². The standard InChI is InChI=1S/C14H20BrNO/c1-11(2)16-9-3-4-14(17)10-12-5-7-13(15)8-6-12/h5-8,11,16H,3-4,9-10H2,1-2H3. The van der Waals surface area contributed by atoms with Gasteiger partial charge in [-0.15, -0.1) is 0 Å². The summed E-state index contributed by atoms with van der Waals surface area (Å²) in [5.74, 6) is 0.317. The fourth-order valence-electron chi connectivity index (χ4n) is 1.59. The number of ketones is 1. The van der Waals surface area contributed by atoms with E-state index in [-0.39, 0.29) is 0 Å². The van der Waals surface area contributed by atoms with E-state index in [1.54, 1.807) is 0 Å². The third kappa shape index (κ3) is 6.59. The largest absolute Gasteiger partial charge is 0.315 e. The molecule has 0 aliphatic carbocycles. The van der Waals surface area contributed by atoms with Gasteiger partial charge in [0.15, 0.2) is 0 Å². The average Bonchev–Trinajstić information content (AvgIpc) is 2.27. The summed E-state index contributed by atoms with van der Waals surface area (Å²) in [5.41, 5.74) is 1.09. The summed E-state index contributed by atoms with van der Waals surface area (Å²) in [6, 6.07) is 8.44. The van der Waals surface area contributed by atoms with Crippen LogP contribution in [-0.4, -0.2) is 18.4 Å². The monoisotopic (exact) mass is 297 g/mol. The van der Waals surface area contributed by atoms with Crippen LogP contribution in [0.25, 0.3) is 0 Å². The van der Waals surface area contributed by atoms with E-state index in [0.717, 1.165) is 23.0 Å². The Morgan fingerprint density at radius 3 is 2.53 bits per heavy atom. The normalized spacial score (nSPS) is 10.8. The maximum absolute atomic E-state index is 11.7. The number of nitrogens with one attached hydrogen (secondary N) is 1. The van der Waals surface area contributed by atoms with E-state index in [2.05, 4.69) is 35.1 Å². The second-order valence-corrected chi connectivity index (χ2v) is 5.47. The van der Waals surface area contributed by atoms with Crippen LogP contribution < -0.4 is 5.32 Å². The molecule has 0 fully saturated rings. The van der Waals surface area contributed by atoms with Gasteiger partial charge < -0.3 is 5.32 Å². The van der Waals surface area contributed by atoms with Crippen molar-refractivity contribution in [1.29, 1.82) is 0 Å². The van der Waals surface area contributed by atoms with E-state index < -0.39 is 0 Å². The summed E-state index contributed by atoms with van der Waals surface area (Å²) in [6.45, 7) is 5.15. The SMILES string of the molecule is CC(C)NCCCC(=O)Cc1ccc(Br)cc1. The molecule has 0 aliphatic rings. The Morgan fingerprint density at radius 1 is 1.29 bits per heavy atom. The van der Waals surface area contributed by atoms with Gasteiger partial charge in [0.1, 0.15) is 5.78 Å². The molecule has 0 bridgehead atoms. The van der Waals surface area contributed by atoms with Gasteiger partial charge in [-0.2, -0.15) is 0 Å². The zero-order valence-corrected chi connectivity index (χ0v) is 12.1. The third-order valence-corrected chi connectivity index (χ3v) is 3.03. The van der Waals surface area contributed by atoms with Gasteiger partial charge in [0.05, 0.1) is 0 Å². The zero-order valence-electron chi connectivity index (χ0n) is 10.5. The van der Waals surface area contributed by atoms with Crippen molar-refractivity contribution < 1.29 is 4.79 Å². The maximum Gasteiger partial charge on any atom is 0.137 e. The predicted molar refractivity (Wildman–Crippen MR) is 75.2 cm³/mol. The van der Waals surface area contributed by atoms with Crippen LogP contribution in [0, 0.1) is 0 Å². The highest BCUT2D eigenvalue weighted by Crippen LogP contribution is 2.11. The topological polar surface area (TPSA) is 29.1 Å². The molecule has 0 spiro atoms. The molecule has 94 valence electrons. The Bertz CT molecular complexity index is 346. The van der Waals surface area contributed by atoms with Gasteiger partial charge in [-0.3, -0.25) is 4.79 Å². The summed E-state index contributed by atoms with van der Waals surface area (Å²) < 4.78 is 1.05. The van der Waals surface area contributed by atoms with E-state index in [9.17, 15) is 4.79 Å². The molecule has 0 saturated carbocycles. The van der Waals surface area contributed by atoms with Gasteiger partial charge in [-0.05, 0) is 30.7 Å². The molecule has 1 rings (SSSR count). The van der Waals surface area contributed by atoms with Crippen LogP contribution in [0.3, 0.4) is 0 Å². The number of benzene rings is 1. The van der Waals surface area contributed by atoms with Crippen LogP contribution >= 0.6 is 15.9 Å². The minimum absolute atomic E-state index is 0.317. The fourth-order valence-corrected chi connectivity index (χ4v) is 1.86. The average molecular weight is 298 g/mol. The van der Waals surface area contributed by atoms with Crippen molar-refractivity contribution in [3.05, 3.63) is 34.3 Å². The van der Waals surface area contributed by atoms with Crippen LogP contribution in [0.15, 0.2) is 28.7 Å². The van der Waals surface area contributed by atoms with Crippen LogP contribution in [0.1, 0.15) is 32.3 Å². The second-order valence-electron chi connectivity index (χ2n) is 4.55. The molecule has 1 aromatic rings. The highest BCUT2D eigenvalue weighted by Gasteiger charge is 2.03. The molecule has 0 aliphatic heterocycles. The Hall–Kier alpha value is -0.670. The Labute approximate surface area is 112 Å². The summed E-state index contributed by atoms with van der Waals surface area (Å²) in [5, 5.41) is 3.31. The van der Waals surface area contributed by atoms with Gasteiger partial charge in [-0.1, -0.05) is 41.9 Å². The molecule has 0 radical (unpaired) electrons.